The van der Waals surface area contributed by atoms with Crippen LogP contribution in [-0.2, 0) is 11.3 Å². The van der Waals surface area contributed by atoms with E-state index in [2.05, 4.69) is 0 Å². The lowest BCUT2D eigenvalue weighted by Gasteiger charge is -2.30. The molecule has 1 aliphatic rings. The van der Waals surface area contributed by atoms with Crippen LogP contribution in [0, 0.1) is 6.92 Å². The lowest BCUT2D eigenvalue weighted by Crippen LogP contribution is -2.38. The van der Waals surface area contributed by atoms with E-state index in [1.54, 1.807) is 11.0 Å². The van der Waals surface area contributed by atoms with Gasteiger partial charge in [-0.3, -0.25) is 4.79 Å². The summed E-state index contributed by atoms with van der Waals surface area (Å²) in [6.45, 7) is 2.61. The van der Waals surface area contributed by atoms with Crippen LogP contribution in [0.1, 0.15) is 11.1 Å². The Balaban J connectivity index is 2.00. The Hall–Kier alpha value is -2.49. The first-order chi connectivity index (χ1) is 9.66. The Morgan fingerprint density at radius 2 is 2.00 bits per heavy atom. The van der Waals surface area contributed by atoms with Crippen molar-refractivity contribution < 1.29 is 9.53 Å². The molecule has 0 fully saturated rings. The summed E-state index contributed by atoms with van der Waals surface area (Å²) >= 11 is 0. The number of nitrogens with zero attached hydrogens (tertiary/aromatic N) is 1. The van der Waals surface area contributed by atoms with Crippen molar-refractivity contribution in [2.24, 2.45) is 0 Å². The Morgan fingerprint density at radius 3 is 2.80 bits per heavy atom. The number of para-hydroxylation sites is 1. The van der Waals surface area contributed by atoms with E-state index in [-0.39, 0.29) is 12.5 Å². The molecule has 0 aromatic heterocycles. The average Bonchev–Trinajstić information content (AvgIpc) is 2.44. The van der Waals surface area contributed by atoms with Gasteiger partial charge in [0.25, 0.3) is 5.91 Å². The molecule has 4 nitrogen and oxygen atoms in total. The van der Waals surface area contributed by atoms with Gasteiger partial charge in [-0.1, -0.05) is 30.3 Å². The molecule has 0 radical (unpaired) electrons. The number of nitrogens with two attached hydrogens (primary N) is 1. The van der Waals surface area contributed by atoms with Gasteiger partial charge in [0.15, 0.2) is 12.4 Å². The maximum Gasteiger partial charge on any atom is 0.265 e. The molecule has 1 amide bonds. The largest absolute Gasteiger partial charge is 0.479 e. The van der Waals surface area contributed by atoms with Crippen molar-refractivity contribution in [3.8, 4) is 5.75 Å². The average molecular weight is 268 g/mol. The normalized spacial score (nSPS) is 13.8. The molecule has 0 atom stereocenters. The summed E-state index contributed by atoms with van der Waals surface area (Å²) in [6, 6.07) is 13.5. The molecule has 2 aromatic carbocycles. The quantitative estimate of drug-likeness (QED) is 0.851. The minimum atomic E-state index is -0.0497. The number of carbonyl (C=O) groups excluding carboxylic acids is 1. The summed E-state index contributed by atoms with van der Waals surface area (Å²) in [7, 11) is 0. The first-order valence-corrected chi connectivity index (χ1v) is 6.53. The number of hydrogen-bond donors (Lipinski definition) is 1. The fourth-order valence-electron chi connectivity index (χ4n) is 2.39. The first kappa shape index (κ1) is 12.5. The Kier molecular flexibility index (Phi) is 3.06. The van der Waals surface area contributed by atoms with Crippen molar-refractivity contribution >= 4 is 17.3 Å². The molecular formula is C16H16N2O2. The van der Waals surface area contributed by atoms with Gasteiger partial charge in [0, 0.05) is 0 Å². The van der Waals surface area contributed by atoms with Crippen molar-refractivity contribution in [3.05, 3.63) is 53.6 Å². The maximum absolute atomic E-state index is 12.1. The van der Waals surface area contributed by atoms with E-state index >= 15 is 0 Å². The van der Waals surface area contributed by atoms with Gasteiger partial charge in [0.2, 0.25) is 0 Å². The number of aryl methyl sites for hydroxylation is 1. The molecular weight excluding hydrogens is 252 g/mol. The first-order valence-electron chi connectivity index (χ1n) is 6.53. The Bertz CT molecular complexity index is 667. The van der Waals surface area contributed by atoms with Crippen LogP contribution in [0.5, 0.6) is 5.75 Å². The summed E-state index contributed by atoms with van der Waals surface area (Å²) in [6.07, 6.45) is 0. The molecule has 0 aliphatic carbocycles. The van der Waals surface area contributed by atoms with Crippen LogP contribution in [-0.4, -0.2) is 12.5 Å². The SMILES string of the molecule is Cc1ccccc1CN1C(=O)COc2c(N)cccc21. The summed E-state index contributed by atoms with van der Waals surface area (Å²) in [4.78, 5) is 13.9. The van der Waals surface area contributed by atoms with E-state index in [0.717, 1.165) is 16.8 Å². The van der Waals surface area contributed by atoms with Crippen molar-refractivity contribution in [3.63, 3.8) is 0 Å². The summed E-state index contributed by atoms with van der Waals surface area (Å²) in [5, 5.41) is 0. The van der Waals surface area contributed by atoms with E-state index in [1.165, 1.54) is 0 Å². The number of ether oxygens (including phenoxy) is 1. The summed E-state index contributed by atoms with van der Waals surface area (Å²) < 4.78 is 5.45. The molecule has 3 rings (SSSR count). The standard InChI is InChI=1S/C16H16N2O2/c1-11-5-2-3-6-12(11)9-18-14-8-4-7-13(17)16(14)20-10-15(18)19/h2-8H,9-10,17H2,1H3. The lowest BCUT2D eigenvalue weighted by molar-refractivity contribution is -0.121. The zero-order valence-corrected chi connectivity index (χ0v) is 11.3. The number of rotatable bonds is 2. The minimum absolute atomic E-state index is 0.0348. The molecule has 1 heterocycles. The van der Waals surface area contributed by atoms with Crippen molar-refractivity contribution in [1.29, 1.82) is 0 Å². The highest BCUT2D eigenvalue weighted by Gasteiger charge is 2.27. The molecule has 0 spiro atoms. The third-order valence-electron chi connectivity index (χ3n) is 3.55. The topological polar surface area (TPSA) is 55.6 Å². The van der Waals surface area contributed by atoms with Crippen LogP contribution in [0.4, 0.5) is 11.4 Å². The van der Waals surface area contributed by atoms with Gasteiger partial charge in [-0.05, 0) is 30.2 Å². The summed E-state index contributed by atoms with van der Waals surface area (Å²) in [5.41, 5.74) is 9.50. The predicted molar refractivity (Wildman–Crippen MR) is 78.7 cm³/mol. The number of amides is 1. The number of anilines is 2. The minimum Gasteiger partial charge on any atom is -0.479 e. The second-order valence-corrected chi connectivity index (χ2v) is 4.89. The van der Waals surface area contributed by atoms with Crippen LogP contribution >= 0.6 is 0 Å². The van der Waals surface area contributed by atoms with Crippen LogP contribution in [0.2, 0.25) is 0 Å². The van der Waals surface area contributed by atoms with E-state index in [1.807, 2.05) is 43.3 Å². The predicted octanol–water partition coefficient (Wildman–Crippen LogP) is 2.50. The van der Waals surface area contributed by atoms with Gasteiger partial charge in [-0.25, -0.2) is 0 Å². The Morgan fingerprint density at radius 1 is 1.20 bits per heavy atom. The van der Waals surface area contributed by atoms with Gasteiger partial charge in [0.05, 0.1) is 17.9 Å². The second kappa shape index (κ2) is 4.89. The molecule has 0 saturated heterocycles. The highest BCUT2D eigenvalue weighted by molar-refractivity contribution is 5.99. The van der Waals surface area contributed by atoms with E-state index in [9.17, 15) is 4.79 Å². The van der Waals surface area contributed by atoms with Gasteiger partial charge in [-0.2, -0.15) is 0 Å². The summed E-state index contributed by atoms with van der Waals surface area (Å²) in [5.74, 6) is 0.548. The smallest absolute Gasteiger partial charge is 0.265 e. The van der Waals surface area contributed by atoms with Gasteiger partial charge >= 0.3 is 0 Å². The van der Waals surface area contributed by atoms with Crippen LogP contribution in [0.15, 0.2) is 42.5 Å². The molecule has 4 heteroatoms. The zero-order chi connectivity index (χ0) is 14.1. The van der Waals surface area contributed by atoms with Crippen molar-refractivity contribution in [1.82, 2.24) is 0 Å². The number of fused-ring (bicyclic) bond motifs is 1. The molecule has 2 N–H and O–H groups in total. The fraction of sp³-hybridized carbons (Fsp3) is 0.188. The number of carbonyl (C=O) groups is 1. The fourth-order valence-corrected chi connectivity index (χ4v) is 2.39. The number of benzene rings is 2. The molecule has 1 aliphatic heterocycles. The number of nitrogen functional groups attached to an aromatic ring is 1. The third-order valence-corrected chi connectivity index (χ3v) is 3.55. The lowest BCUT2D eigenvalue weighted by atomic mass is 10.1. The Labute approximate surface area is 117 Å². The highest BCUT2D eigenvalue weighted by Crippen LogP contribution is 2.37. The molecule has 0 bridgehead atoms. The highest BCUT2D eigenvalue weighted by atomic mass is 16.5. The molecule has 0 saturated carbocycles. The second-order valence-electron chi connectivity index (χ2n) is 4.89. The van der Waals surface area contributed by atoms with Crippen molar-refractivity contribution in [2.75, 3.05) is 17.2 Å². The van der Waals surface area contributed by atoms with Crippen molar-refractivity contribution in [2.45, 2.75) is 13.5 Å². The van der Waals surface area contributed by atoms with Gasteiger partial charge in [0.1, 0.15) is 0 Å². The van der Waals surface area contributed by atoms with E-state index in [0.29, 0.717) is 18.0 Å². The van der Waals surface area contributed by atoms with Crippen LogP contribution < -0.4 is 15.4 Å². The third kappa shape index (κ3) is 2.09. The van der Waals surface area contributed by atoms with Crippen LogP contribution in [0.3, 0.4) is 0 Å². The molecule has 0 unspecified atom stereocenters. The van der Waals surface area contributed by atoms with E-state index < -0.39 is 0 Å². The van der Waals surface area contributed by atoms with Gasteiger partial charge < -0.3 is 15.4 Å². The maximum atomic E-state index is 12.1. The van der Waals surface area contributed by atoms with Gasteiger partial charge in [-0.15, -0.1) is 0 Å². The van der Waals surface area contributed by atoms with Crippen LogP contribution in [0.25, 0.3) is 0 Å². The molecule has 20 heavy (non-hydrogen) atoms. The molecule has 102 valence electrons. The monoisotopic (exact) mass is 268 g/mol. The number of hydrogen-bond acceptors (Lipinski definition) is 3. The molecule has 2 aromatic rings. The zero-order valence-electron chi connectivity index (χ0n) is 11.3. The van der Waals surface area contributed by atoms with E-state index in [4.69, 9.17) is 10.5 Å².